The summed E-state index contributed by atoms with van der Waals surface area (Å²) in [4.78, 5) is 20.4. The van der Waals surface area contributed by atoms with Gasteiger partial charge in [0.25, 0.3) is 5.91 Å². The van der Waals surface area contributed by atoms with Gasteiger partial charge < -0.3 is 15.2 Å². The summed E-state index contributed by atoms with van der Waals surface area (Å²) in [6.45, 7) is 1.96. The van der Waals surface area contributed by atoms with Crippen LogP contribution in [-0.2, 0) is 0 Å². The summed E-state index contributed by atoms with van der Waals surface area (Å²) in [5.74, 6) is 0.0346. The molecule has 9 heteroatoms. The van der Waals surface area contributed by atoms with Gasteiger partial charge >= 0.3 is 0 Å². The Bertz CT molecular complexity index is 852. The minimum absolute atomic E-state index is 0.176. The molecule has 0 radical (unpaired) electrons. The largest absolute Gasteiger partial charge is 0.354 e. The summed E-state index contributed by atoms with van der Waals surface area (Å²) in [5.41, 5.74) is 1.33. The highest BCUT2D eigenvalue weighted by atomic mass is 16.5. The molecule has 25 heavy (non-hydrogen) atoms. The van der Waals surface area contributed by atoms with E-state index in [0.717, 1.165) is 25.9 Å². The molecule has 1 amide bonds. The Morgan fingerprint density at radius 1 is 1.28 bits per heavy atom. The van der Waals surface area contributed by atoms with Crippen LogP contribution in [0, 0.1) is 0 Å². The van der Waals surface area contributed by atoms with E-state index >= 15 is 0 Å². The number of anilines is 1. The minimum atomic E-state index is -0.358. The predicted octanol–water partition coefficient (Wildman–Crippen LogP) is 1.50. The third-order valence-corrected chi connectivity index (χ3v) is 4.10. The van der Waals surface area contributed by atoms with E-state index in [1.807, 2.05) is 10.9 Å². The minimum Gasteiger partial charge on any atom is -0.354 e. The fraction of sp³-hybridized carbons (Fsp3) is 0.312. The molecule has 1 saturated heterocycles. The topological polar surface area (TPSA) is 111 Å². The second-order valence-electron chi connectivity index (χ2n) is 5.81. The fourth-order valence-corrected chi connectivity index (χ4v) is 2.80. The number of rotatable bonds is 4. The summed E-state index contributed by atoms with van der Waals surface area (Å²) >= 11 is 0. The zero-order valence-electron chi connectivity index (χ0n) is 13.4. The van der Waals surface area contributed by atoms with Gasteiger partial charge in [-0.1, -0.05) is 5.16 Å². The van der Waals surface area contributed by atoms with Gasteiger partial charge in [-0.25, -0.2) is 4.98 Å². The number of nitrogens with one attached hydrogen (secondary N) is 2. The van der Waals surface area contributed by atoms with Crippen molar-refractivity contribution in [2.75, 3.05) is 18.4 Å². The smallest absolute Gasteiger partial charge is 0.277 e. The molecule has 3 aromatic rings. The quantitative estimate of drug-likeness (QED) is 0.741. The highest BCUT2D eigenvalue weighted by molar-refractivity contribution is 6.03. The first kappa shape index (κ1) is 15.5. The number of amides is 1. The zero-order chi connectivity index (χ0) is 17.1. The molecule has 1 fully saturated rings. The normalized spacial score (nSPS) is 15.2. The number of hydrogen-bond acceptors (Lipinski definition) is 7. The van der Waals surface area contributed by atoms with Crippen molar-refractivity contribution >= 4 is 11.6 Å². The lowest BCUT2D eigenvalue weighted by Crippen LogP contribution is -2.29. The van der Waals surface area contributed by atoms with Gasteiger partial charge in [0.2, 0.25) is 0 Å². The first-order valence-electron chi connectivity index (χ1n) is 8.09. The van der Waals surface area contributed by atoms with Crippen LogP contribution in [-0.4, -0.2) is 43.9 Å². The second-order valence-corrected chi connectivity index (χ2v) is 5.81. The number of nitrogens with zero attached hydrogens (tertiary/aromatic N) is 5. The van der Waals surface area contributed by atoms with E-state index in [1.54, 1.807) is 24.8 Å². The Hall–Kier alpha value is -3.07. The summed E-state index contributed by atoms with van der Waals surface area (Å²) in [7, 11) is 0. The van der Waals surface area contributed by atoms with Gasteiger partial charge in [0.05, 0.1) is 24.1 Å². The zero-order valence-corrected chi connectivity index (χ0v) is 13.4. The monoisotopic (exact) mass is 339 g/mol. The number of hydrogen-bond donors (Lipinski definition) is 2. The maximum atomic E-state index is 12.3. The van der Waals surface area contributed by atoms with E-state index < -0.39 is 0 Å². The van der Waals surface area contributed by atoms with Crippen molar-refractivity contribution in [1.29, 1.82) is 0 Å². The van der Waals surface area contributed by atoms with Gasteiger partial charge in [-0.2, -0.15) is 5.10 Å². The molecule has 4 rings (SSSR count). The lowest BCUT2D eigenvalue weighted by molar-refractivity contribution is 0.101. The van der Waals surface area contributed by atoms with Crippen LogP contribution in [0.4, 0.5) is 5.69 Å². The van der Waals surface area contributed by atoms with Gasteiger partial charge in [0, 0.05) is 24.7 Å². The first-order valence-corrected chi connectivity index (χ1v) is 8.09. The predicted molar refractivity (Wildman–Crippen MR) is 88.8 cm³/mol. The summed E-state index contributed by atoms with van der Waals surface area (Å²) in [6.07, 6.45) is 10.2. The maximum Gasteiger partial charge on any atom is 0.277 e. The molecule has 2 N–H and O–H groups in total. The highest BCUT2D eigenvalue weighted by Gasteiger charge is 2.18. The number of piperidine rings is 1. The SMILES string of the molecule is O=C(Nc1cnn(C2CCNCC2)c1)c1cc(-c2cnccn2)on1. The molecule has 0 bridgehead atoms. The molecule has 3 aromatic heterocycles. The van der Waals surface area contributed by atoms with Crippen molar-refractivity contribution in [2.45, 2.75) is 18.9 Å². The van der Waals surface area contributed by atoms with E-state index in [9.17, 15) is 4.79 Å². The number of carbonyl (C=O) groups is 1. The molecule has 9 nitrogen and oxygen atoms in total. The lowest BCUT2D eigenvalue weighted by atomic mass is 10.1. The van der Waals surface area contributed by atoms with E-state index in [1.165, 1.54) is 6.07 Å². The van der Waals surface area contributed by atoms with Crippen molar-refractivity contribution < 1.29 is 9.32 Å². The molecular weight excluding hydrogens is 322 g/mol. The van der Waals surface area contributed by atoms with E-state index in [4.69, 9.17) is 4.52 Å². The summed E-state index contributed by atoms with van der Waals surface area (Å²) in [5, 5.41) is 14.3. The highest BCUT2D eigenvalue weighted by Crippen LogP contribution is 2.20. The Labute approximate surface area is 143 Å². The average molecular weight is 339 g/mol. The Kier molecular flexibility index (Phi) is 4.21. The molecule has 1 aliphatic heterocycles. The number of aromatic nitrogens is 5. The molecule has 0 saturated carbocycles. The van der Waals surface area contributed by atoms with E-state index in [-0.39, 0.29) is 11.6 Å². The van der Waals surface area contributed by atoms with E-state index in [2.05, 4.69) is 30.9 Å². The van der Waals surface area contributed by atoms with Crippen LogP contribution in [0.1, 0.15) is 29.4 Å². The second kappa shape index (κ2) is 6.81. The van der Waals surface area contributed by atoms with Gasteiger partial charge in [-0.15, -0.1) is 0 Å². The van der Waals surface area contributed by atoms with Crippen LogP contribution in [0.5, 0.6) is 0 Å². The molecule has 4 heterocycles. The van der Waals surface area contributed by atoms with Crippen molar-refractivity contribution in [1.82, 2.24) is 30.2 Å². The standard InChI is InChI=1S/C16H17N7O2/c24-16(13-7-15(25-22-13)14-9-18-5-6-19-14)21-11-8-20-23(10-11)12-1-3-17-4-2-12/h5-10,12,17H,1-4H2,(H,21,24). The molecule has 0 atom stereocenters. The van der Waals surface area contributed by atoms with Crippen LogP contribution in [0.15, 0.2) is 41.6 Å². The van der Waals surface area contributed by atoms with Crippen molar-refractivity contribution in [3.63, 3.8) is 0 Å². The third-order valence-electron chi connectivity index (χ3n) is 4.10. The van der Waals surface area contributed by atoms with E-state index in [0.29, 0.717) is 23.2 Å². The average Bonchev–Trinajstić information content (AvgIpc) is 3.33. The third kappa shape index (κ3) is 3.41. The molecule has 0 spiro atoms. The molecule has 128 valence electrons. The molecule has 0 aromatic carbocycles. The van der Waals surface area contributed by atoms with Crippen molar-refractivity contribution in [2.24, 2.45) is 0 Å². The van der Waals surface area contributed by atoms with Crippen LogP contribution in [0.3, 0.4) is 0 Å². The Balaban J connectivity index is 1.44. The van der Waals surface area contributed by atoms with Gasteiger partial charge in [0.1, 0.15) is 5.69 Å². The van der Waals surface area contributed by atoms with Crippen LogP contribution < -0.4 is 10.6 Å². The van der Waals surface area contributed by atoms with Crippen LogP contribution in [0.25, 0.3) is 11.5 Å². The lowest BCUT2D eigenvalue weighted by Gasteiger charge is -2.22. The first-order chi connectivity index (χ1) is 12.3. The van der Waals surface area contributed by atoms with Crippen molar-refractivity contribution in [3.8, 4) is 11.5 Å². The molecule has 0 unspecified atom stereocenters. The number of carbonyl (C=O) groups excluding carboxylic acids is 1. The molecular formula is C16H17N7O2. The summed E-state index contributed by atoms with van der Waals surface area (Å²) in [6, 6.07) is 1.90. The van der Waals surface area contributed by atoms with Gasteiger partial charge in [0.15, 0.2) is 11.5 Å². The van der Waals surface area contributed by atoms with Crippen molar-refractivity contribution in [3.05, 3.63) is 42.7 Å². The Morgan fingerprint density at radius 3 is 2.96 bits per heavy atom. The molecule has 0 aliphatic carbocycles. The van der Waals surface area contributed by atoms with Gasteiger partial charge in [-0.3, -0.25) is 14.5 Å². The Morgan fingerprint density at radius 2 is 2.16 bits per heavy atom. The van der Waals surface area contributed by atoms with Crippen LogP contribution >= 0.6 is 0 Å². The maximum absolute atomic E-state index is 12.3. The van der Waals surface area contributed by atoms with Crippen LogP contribution in [0.2, 0.25) is 0 Å². The van der Waals surface area contributed by atoms with Gasteiger partial charge in [-0.05, 0) is 25.9 Å². The summed E-state index contributed by atoms with van der Waals surface area (Å²) < 4.78 is 7.08. The fourth-order valence-electron chi connectivity index (χ4n) is 2.80. The molecule has 1 aliphatic rings.